The Bertz CT molecular complexity index is 304. The molecule has 0 radical (unpaired) electrons. The van der Waals surface area contributed by atoms with E-state index in [9.17, 15) is 5.11 Å². The van der Waals surface area contributed by atoms with Crippen molar-refractivity contribution in [2.45, 2.75) is 12.5 Å². The van der Waals surface area contributed by atoms with E-state index in [4.69, 9.17) is 22.1 Å². The summed E-state index contributed by atoms with van der Waals surface area (Å²) in [6.45, 7) is 0.449. The summed E-state index contributed by atoms with van der Waals surface area (Å²) >= 11 is 5.91. The molecule has 0 saturated heterocycles. The maximum atomic E-state index is 9.63. The molecular weight excluding hydrogens is 202 g/mol. The Morgan fingerprint density at radius 2 is 2.29 bits per heavy atom. The SMILES string of the molecule is COc1ccc(C(O)CCN)cc1Cl. The van der Waals surface area contributed by atoms with E-state index in [1.54, 1.807) is 25.3 Å². The zero-order valence-corrected chi connectivity index (χ0v) is 8.79. The van der Waals surface area contributed by atoms with Gasteiger partial charge in [0.05, 0.1) is 18.2 Å². The van der Waals surface area contributed by atoms with Gasteiger partial charge in [0.15, 0.2) is 0 Å². The number of halogens is 1. The second kappa shape index (κ2) is 5.20. The highest BCUT2D eigenvalue weighted by molar-refractivity contribution is 6.32. The summed E-state index contributed by atoms with van der Waals surface area (Å²) in [4.78, 5) is 0. The van der Waals surface area contributed by atoms with Crippen molar-refractivity contribution in [3.05, 3.63) is 28.8 Å². The summed E-state index contributed by atoms with van der Waals surface area (Å²) in [6, 6.07) is 5.21. The number of aliphatic hydroxyl groups is 1. The first-order valence-corrected chi connectivity index (χ1v) is 4.78. The highest BCUT2D eigenvalue weighted by Gasteiger charge is 2.08. The number of methoxy groups -OCH3 is 1. The van der Waals surface area contributed by atoms with E-state index < -0.39 is 6.10 Å². The molecule has 78 valence electrons. The predicted octanol–water partition coefficient (Wildman–Crippen LogP) is 1.73. The lowest BCUT2D eigenvalue weighted by Crippen LogP contribution is -2.06. The molecule has 0 heterocycles. The lowest BCUT2D eigenvalue weighted by molar-refractivity contribution is 0.170. The van der Waals surface area contributed by atoms with Gasteiger partial charge < -0.3 is 15.6 Å². The second-order valence-corrected chi connectivity index (χ2v) is 3.39. The third kappa shape index (κ3) is 2.61. The van der Waals surface area contributed by atoms with Crippen molar-refractivity contribution in [3.63, 3.8) is 0 Å². The average Bonchev–Trinajstić information content (AvgIpc) is 2.18. The lowest BCUT2D eigenvalue weighted by Gasteiger charge is -2.11. The average molecular weight is 216 g/mol. The number of benzene rings is 1. The van der Waals surface area contributed by atoms with Crippen LogP contribution in [0, 0.1) is 0 Å². The molecule has 4 heteroatoms. The topological polar surface area (TPSA) is 55.5 Å². The van der Waals surface area contributed by atoms with Gasteiger partial charge in [-0.05, 0) is 30.7 Å². The van der Waals surface area contributed by atoms with E-state index in [0.717, 1.165) is 5.56 Å². The molecule has 1 atom stereocenters. The molecule has 1 rings (SSSR count). The largest absolute Gasteiger partial charge is 0.495 e. The van der Waals surface area contributed by atoms with E-state index in [1.807, 2.05) is 0 Å². The summed E-state index contributed by atoms with van der Waals surface area (Å²) in [7, 11) is 1.55. The fourth-order valence-electron chi connectivity index (χ4n) is 1.21. The maximum Gasteiger partial charge on any atom is 0.137 e. The van der Waals surface area contributed by atoms with Crippen molar-refractivity contribution in [2.75, 3.05) is 13.7 Å². The van der Waals surface area contributed by atoms with Gasteiger partial charge in [-0.25, -0.2) is 0 Å². The number of aliphatic hydroxyl groups excluding tert-OH is 1. The van der Waals surface area contributed by atoms with Crippen LogP contribution in [0.25, 0.3) is 0 Å². The number of rotatable bonds is 4. The third-order valence-corrected chi connectivity index (χ3v) is 2.30. The van der Waals surface area contributed by atoms with Gasteiger partial charge in [0.25, 0.3) is 0 Å². The van der Waals surface area contributed by atoms with Crippen LogP contribution in [-0.4, -0.2) is 18.8 Å². The molecule has 3 N–H and O–H groups in total. The molecule has 0 aromatic heterocycles. The molecule has 0 amide bonds. The van der Waals surface area contributed by atoms with Crippen molar-refractivity contribution in [1.82, 2.24) is 0 Å². The van der Waals surface area contributed by atoms with Crippen LogP contribution in [0.5, 0.6) is 5.75 Å². The first-order valence-electron chi connectivity index (χ1n) is 4.40. The van der Waals surface area contributed by atoms with E-state index >= 15 is 0 Å². The lowest BCUT2D eigenvalue weighted by atomic mass is 10.1. The standard InChI is InChI=1S/C10H14ClNO2/c1-14-10-3-2-7(6-8(10)11)9(13)4-5-12/h2-3,6,9,13H,4-5,12H2,1H3. The van der Waals surface area contributed by atoms with Crippen molar-refractivity contribution in [3.8, 4) is 5.75 Å². The van der Waals surface area contributed by atoms with Gasteiger partial charge >= 0.3 is 0 Å². The number of hydrogen-bond acceptors (Lipinski definition) is 3. The molecular formula is C10H14ClNO2. The normalized spacial score (nSPS) is 12.6. The molecule has 1 aromatic rings. The van der Waals surface area contributed by atoms with Crippen LogP contribution < -0.4 is 10.5 Å². The van der Waals surface area contributed by atoms with Crippen LogP contribution in [0.1, 0.15) is 18.1 Å². The number of nitrogens with two attached hydrogens (primary N) is 1. The van der Waals surface area contributed by atoms with Crippen molar-refractivity contribution in [1.29, 1.82) is 0 Å². The van der Waals surface area contributed by atoms with E-state index in [1.165, 1.54) is 0 Å². The summed E-state index contributed by atoms with van der Waals surface area (Å²) < 4.78 is 5.00. The molecule has 1 unspecified atom stereocenters. The fourth-order valence-corrected chi connectivity index (χ4v) is 1.48. The van der Waals surface area contributed by atoms with Gasteiger partial charge in [0, 0.05) is 0 Å². The first kappa shape index (κ1) is 11.3. The molecule has 14 heavy (non-hydrogen) atoms. The van der Waals surface area contributed by atoms with E-state index in [-0.39, 0.29) is 0 Å². The molecule has 0 saturated carbocycles. The van der Waals surface area contributed by atoms with Crippen molar-refractivity contribution >= 4 is 11.6 Å². The monoisotopic (exact) mass is 215 g/mol. The summed E-state index contributed by atoms with van der Waals surface area (Å²) in [5.74, 6) is 0.607. The molecule has 0 aliphatic heterocycles. The zero-order valence-electron chi connectivity index (χ0n) is 8.03. The molecule has 0 bridgehead atoms. The quantitative estimate of drug-likeness (QED) is 0.805. The van der Waals surface area contributed by atoms with E-state index in [0.29, 0.717) is 23.7 Å². The Hall–Kier alpha value is -0.770. The van der Waals surface area contributed by atoms with Crippen LogP contribution in [-0.2, 0) is 0 Å². The Morgan fingerprint density at radius 3 is 2.79 bits per heavy atom. The molecule has 0 fully saturated rings. The van der Waals surface area contributed by atoms with Crippen LogP contribution in [0.3, 0.4) is 0 Å². The minimum Gasteiger partial charge on any atom is -0.495 e. The highest BCUT2D eigenvalue weighted by atomic mass is 35.5. The molecule has 0 spiro atoms. The minimum atomic E-state index is -0.552. The first-order chi connectivity index (χ1) is 6.69. The Balaban J connectivity index is 2.85. The maximum absolute atomic E-state index is 9.63. The van der Waals surface area contributed by atoms with Gasteiger partial charge in [-0.2, -0.15) is 0 Å². The summed E-state index contributed by atoms with van der Waals surface area (Å²) in [5, 5.41) is 10.1. The van der Waals surface area contributed by atoms with Crippen LogP contribution >= 0.6 is 11.6 Å². The van der Waals surface area contributed by atoms with Gasteiger partial charge in [0.1, 0.15) is 5.75 Å². The Morgan fingerprint density at radius 1 is 1.57 bits per heavy atom. The smallest absolute Gasteiger partial charge is 0.137 e. The fraction of sp³-hybridized carbons (Fsp3) is 0.400. The van der Waals surface area contributed by atoms with Crippen molar-refractivity contribution in [2.24, 2.45) is 5.73 Å². The van der Waals surface area contributed by atoms with Crippen LogP contribution in [0.15, 0.2) is 18.2 Å². The summed E-state index contributed by atoms with van der Waals surface area (Å²) in [6.07, 6.45) is -0.0220. The molecule has 1 aromatic carbocycles. The van der Waals surface area contributed by atoms with Gasteiger partial charge in [-0.15, -0.1) is 0 Å². The minimum absolute atomic E-state index is 0.449. The second-order valence-electron chi connectivity index (χ2n) is 2.99. The van der Waals surface area contributed by atoms with E-state index in [2.05, 4.69) is 0 Å². The van der Waals surface area contributed by atoms with Gasteiger partial charge in [-0.3, -0.25) is 0 Å². The van der Waals surface area contributed by atoms with Crippen LogP contribution in [0.2, 0.25) is 5.02 Å². The van der Waals surface area contributed by atoms with Gasteiger partial charge in [-0.1, -0.05) is 17.7 Å². The van der Waals surface area contributed by atoms with Crippen molar-refractivity contribution < 1.29 is 9.84 Å². The van der Waals surface area contributed by atoms with Gasteiger partial charge in [0.2, 0.25) is 0 Å². The zero-order chi connectivity index (χ0) is 10.6. The molecule has 0 aliphatic rings. The molecule has 3 nitrogen and oxygen atoms in total. The highest BCUT2D eigenvalue weighted by Crippen LogP contribution is 2.28. The number of hydrogen-bond donors (Lipinski definition) is 2. The number of ether oxygens (including phenoxy) is 1. The predicted molar refractivity (Wildman–Crippen MR) is 56.6 cm³/mol. The Labute approximate surface area is 88.4 Å². The molecule has 0 aliphatic carbocycles. The Kier molecular flexibility index (Phi) is 4.20. The van der Waals surface area contributed by atoms with Crippen LogP contribution in [0.4, 0.5) is 0 Å². The third-order valence-electron chi connectivity index (χ3n) is 2.00. The summed E-state index contributed by atoms with van der Waals surface area (Å²) in [5.41, 5.74) is 6.11.